The minimum atomic E-state index is 0.323. The maximum atomic E-state index is 6.53. The first-order valence-corrected chi connectivity index (χ1v) is 10.0. The Bertz CT molecular complexity index is 636. The summed E-state index contributed by atoms with van der Waals surface area (Å²) in [5, 5.41) is 0.548. The summed E-state index contributed by atoms with van der Waals surface area (Å²) < 4.78 is 0. The van der Waals surface area contributed by atoms with Crippen LogP contribution in [0.1, 0.15) is 27.7 Å². The summed E-state index contributed by atoms with van der Waals surface area (Å²) in [6.07, 6.45) is 11.3. The summed E-state index contributed by atoms with van der Waals surface area (Å²) >= 11 is 12.4. The zero-order valence-corrected chi connectivity index (χ0v) is 18.8. The van der Waals surface area contributed by atoms with Gasteiger partial charge in [0.05, 0.1) is 6.67 Å². The van der Waals surface area contributed by atoms with Crippen LogP contribution in [0.25, 0.3) is 0 Å². The van der Waals surface area contributed by atoms with Crippen molar-refractivity contribution >= 4 is 29.0 Å². The van der Waals surface area contributed by atoms with Gasteiger partial charge in [-0.25, -0.2) is 0 Å². The Kier molecular flexibility index (Phi) is 13.7. The fourth-order valence-corrected chi connectivity index (χ4v) is 2.59. The summed E-state index contributed by atoms with van der Waals surface area (Å²) in [6.45, 7) is 18.2. The minimum absolute atomic E-state index is 0.323. The van der Waals surface area contributed by atoms with E-state index in [2.05, 4.69) is 56.7 Å². The quantitative estimate of drug-likeness (QED) is 0.177. The summed E-state index contributed by atoms with van der Waals surface area (Å²) in [4.78, 5) is 9.07. The summed E-state index contributed by atoms with van der Waals surface area (Å²) in [6, 6.07) is 0. The number of likely N-dealkylation sites (N-methyl/N-ethyl adjacent to an activating group) is 1. The molecule has 3 nitrogen and oxygen atoms in total. The number of hydrogen-bond acceptors (Lipinski definition) is 2. The molecule has 0 aromatic carbocycles. The van der Waals surface area contributed by atoms with Crippen LogP contribution in [0.4, 0.5) is 0 Å². The van der Waals surface area contributed by atoms with Gasteiger partial charge in [-0.05, 0) is 46.5 Å². The Hall–Kier alpha value is -1.55. The van der Waals surface area contributed by atoms with Gasteiger partial charge >= 0.3 is 0 Å². The molecule has 0 aromatic heterocycles. The smallest absolute Gasteiger partial charge is 0.138 e. The van der Waals surface area contributed by atoms with Crippen molar-refractivity contribution in [3.05, 3.63) is 71.5 Å². The molecule has 150 valence electrons. The van der Waals surface area contributed by atoms with Gasteiger partial charge in [0, 0.05) is 28.7 Å². The van der Waals surface area contributed by atoms with Crippen LogP contribution in [0, 0.1) is 0 Å². The molecule has 0 saturated carbocycles. The van der Waals surface area contributed by atoms with Crippen molar-refractivity contribution in [2.45, 2.75) is 27.7 Å². The Balaban J connectivity index is 6.43. The summed E-state index contributed by atoms with van der Waals surface area (Å²) in [5.41, 5.74) is 2.93. The van der Waals surface area contributed by atoms with E-state index in [0.717, 1.165) is 23.7 Å². The zero-order valence-electron chi connectivity index (χ0n) is 17.3. The molecule has 0 rings (SSSR count). The molecule has 5 heteroatoms. The van der Waals surface area contributed by atoms with Crippen LogP contribution < -0.4 is 0 Å². The molecule has 0 bridgehead atoms. The van der Waals surface area contributed by atoms with E-state index in [1.165, 1.54) is 5.57 Å². The van der Waals surface area contributed by atoms with Crippen LogP contribution in [0.5, 0.6) is 0 Å². The van der Waals surface area contributed by atoms with Crippen LogP contribution >= 0.6 is 23.2 Å². The van der Waals surface area contributed by atoms with Crippen LogP contribution in [-0.4, -0.2) is 48.3 Å². The van der Waals surface area contributed by atoms with Crippen molar-refractivity contribution in [3.63, 3.8) is 0 Å². The highest BCUT2D eigenvalue weighted by Gasteiger charge is 2.19. The third-order valence-corrected chi connectivity index (χ3v) is 4.23. The van der Waals surface area contributed by atoms with Gasteiger partial charge in [0.2, 0.25) is 0 Å². The lowest BCUT2D eigenvalue weighted by Gasteiger charge is -2.28. The second kappa shape index (κ2) is 14.5. The summed E-state index contributed by atoms with van der Waals surface area (Å²) in [7, 11) is 2.03. The van der Waals surface area contributed by atoms with E-state index in [4.69, 9.17) is 28.2 Å². The number of halogens is 2. The molecule has 0 unspecified atom stereocenters. The van der Waals surface area contributed by atoms with Crippen LogP contribution in [0.2, 0.25) is 0 Å². The van der Waals surface area contributed by atoms with Crippen molar-refractivity contribution in [1.82, 2.24) is 9.80 Å². The minimum Gasteiger partial charge on any atom is -0.326 e. The molecule has 0 aliphatic rings. The van der Waals surface area contributed by atoms with Crippen LogP contribution in [0.3, 0.4) is 0 Å². The number of rotatable bonds is 11. The van der Waals surface area contributed by atoms with Crippen molar-refractivity contribution in [3.8, 4) is 0 Å². The normalized spacial score (nSPS) is 13.6. The first-order valence-electron chi connectivity index (χ1n) is 9.09. The standard InChI is InChI=1S/C22H33Cl2N3/c1-8-12-20(21(24)15-16-23)22(25-17-26(7)10-3)27(11-4)19(9-2)14-13-18(5)6/h8-9,12-15H,1-2,10-11,16-17H2,3-7H3/b19-14+,20-12+,21-15+,25-22-. The second-order valence-corrected chi connectivity index (χ2v) is 6.82. The third kappa shape index (κ3) is 9.28. The Morgan fingerprint density at radius 3 is 2.19 bits per heavy atom. The van der Waals surface area contributed by atoms with Crippen molar-refractivity contribution < 1.29 is 0 Å². The Morgan fingerprint density at radius 2 is 1.74 bits per heavy atom. The highest BCUT2D eigenvalue weighted by Crippen LogP contribution is 2.22. The van der Waals surface area contributed by atoms with E-state index in [1.54, 1.807) is 12.2 Å². The van der Waals surface area contributed by atoms with Crippen LogP contribution in [-0.2, 0) is 0 Å². The Labute approximate surface area is 175 Å². The maximum Gasteiger partial charge on any atom is 0.138 e. The monoisotopic (exact) mass is 409 g/mol. The number of aliphatic imine (C=N–C) groups is 1. The van der Waals surface area contributed by atoms with Crippen molar-refractivity contribution in [2.75, 3.05) is 32.7 Å². The SMILES string of the molecule is C=C/C=C(C(=N/CN(C)CC)/N(CC)/C(C=C)=C/C=C(C)C)\C(Cl)=C/CCl. The molecule has 0 aromatic rings. The highest BCUT2D eigenvalue weighted by molar-refractivity contribution is 6.36. The van der Waals surface area contributed by atoms with E-state index < -0.39 is 0 Å². The lowest BCUT2D eigenvalue weighted by Crippen LogP contribution is -2.33. The number of amidine groups is 1. The van der Waals surface area contributed by atoms with Gasteiger partial charge < -0.3 is 4.90 Å². The van der Waals surface area contributed by atoms with E-state index in [9.17, 15) is 0 Å². The molecular formula is C22H33Cl2N3. The molecule has 0 amide bonds. The van der Waals surface area contributed by atoms with Gasteiger partial charge in [-0.2, -0.15) is 0 Å². The fraction of sp³-hybridized carbons (Fsp3) is 0.409. The molecule has 0 aliphatic carbocycles. The predicted octanol–water partition coefficient (Wildman–Crippen LogP) is 6.13. The number of nitrogens with zero attached hydrogens (tertiary/aromatic N) is 3. The molecule has 0 heterocycles. The van der Waals surface area contributed by atoms with Gasteiger partial charge in [-0.1, -0.05) is 61.6 Å². The lowest BCUT2D eigenvalue weighted by atomic mass is 10.1. The number of hydrogen-bond donors (Lipinski definition) is 0. The van der Waals surface area contributed by atoms with Gasteiger partial charge in [0.25, 0.3) is 0 Å². The van der Waals surface area contributed by atoms with E-state index in [-0.39, 0.29) is 0 Å². The highest BCUT2D eigenvalue weighted by atomic mass is 35.5. The molecule has 0 N–H and O–H groups in total. The molecule has 0 radical (unpaired) electrons. The fourth-order valence-electron chi connectivity index (χ4n) is 2.13. The zero-order chi connectivity index (χ0) is 20.8. The average molecular weight is 410 g/mol. The van der Waals surface area contributed by atoms with Gasteiger partial charge in [0.1, 0.15) is 5.84 Å². The van der Waals surface area contributed by atoms with Gasteiger partial charge in [-0.15, -0.1) is 11.6 Å². The molecule has 0 aliphatic heterocycles. The first kappa shape index (κ1) is 25.4. The molecule has 0 spiro atoms. The molecular weight excluding hydrogens is 377 g/mol. The van der Waals surface area contributed by atoms with E-state index in [0.29, 0.717) is 24.1 Å². The topological polar surface area (TPSA) is 18.8 Å². The second-order valence-electron chi connectivity index (χ2n) is 6.10. The van der Waals surface area contributed by atoms with Gasteiger partial charge in [-0.3, -0.25) is 9.89 Å². The molecule has 0 fully saturated rings. The largest absolute Gasteiger partial charge is 0.326 e. The van der Waals surface area contributed by atoms with Crippen molar-refractivity contribution in [1.29, 1.82) is 0 Å². The summed E-state index contributed by atoms with van der Waals surface area (Å²) in [5.74, 6) is 1.08. The first-order chi connectivity index (χ1) is 12.9. The van der Waals surface area contributed by atoms with Crippen molar-refractivity contribution in [2.24, 2.45) is 4.99 Å². The maximum absolute atomic E-state index is 6.53. The van der Waals surface area contributed by atoms with E-state index >= 15 is 0 Å². The average Bonchev–Trinajstić information content (AvgIpc) is 2.65. The third-order valence-electron chi connectivity index (χ3n) is 3.72. The predicted molar refractivity (Wildman–Crippen MR) is 124 cm³/mol. The van der Waals surface area contributed by atoms with Gasteiger partial charge in [0.15, 0.2) is 0 Å². The Morgan fingerprint density at radius 1 is 1.07 bits per heavy atom. The molecule has 0 atom stereocenters. The number of allylic oxidation sites excluding steroid dienone is 7. The lowest BCUT2D eigenvalue weighted by molar-refractivity contribution is 0.363. The molecule has 0 saturated heterocycles. The molecule has 27 heavy (non-hydrogen) atoms. The van der Waals surface area contributed by atoms with E-state index in [1.807, 2.05) is 25.3 Å². The van der Waals surface area contributed by atoms with Crippen LogP contribution in [0.15, 0.2) is 76.5 Å². The number of alkyl halides is 1.